The monoisotopic (exact) mass is 196 g/mol. The van der Waals surface area contributed by atoms with E-state index in [-0.39, 0.29) is 5.54 Å². The quantitative estimate of drug-likeness (QED) is 0.604. The molecule has 3 nitrogen and oxygen atoms in total. The van der Waals surface area contributed by atoms with Crippen LogP contribution in [0.2, 0.25) is 0 Å². The SMILES string of the molecule is C=C(C)NCC(=C)OCC1(NC)CC1. The van der Waals surface area contributed by atoms with Crippen molar-refractivity contribution in [1.82, 2.24) is 10.6 Å². The molecular formula is C11H20N2O. The number of ether oxygens (including phenoxy) is 1. The standard InChI is InChI=1S/C11H20N2O/c1-9(2)13-7-10(3)14-8-11(12-4)5-6-11/h12-13H,1,3,5-8H2,2,4H3. The van der Waals surface area contributed by atoms with E-state index in [0.717, 1.165) is 18.1 Å². The van der Waals surface area contributed by atoms with E-state index in [0.29, 0.717) is 6.54 Å². The molecule has 0 aromatic carbocycles. The zero-order chi connectivity index (χ0) is 10.6. The van der Waals surface area contributed by atoms with Crippen LogP contribution in [0.3, 0.4) is 0 Å². The summed E-state index contributed by atoms with van der Waals surface area (Å²) in [7, 11) is 1.98. The molecule has 0 bridgehead atoms. The largest absolute Gasteiger partial charge is 0.495 e. The summed E-state index contributed by atoms with van der Waals surface area (Å²) < 4.78 is 5.55. The lowest BCUT2D eigenvalue weighted by molar-refractivity contribution is 0.170. The summed E-state index contributed by atoms with van der Waals surface area (Å²) in [4.78, 5) is 0. The predicted octanol–water partition coefficient (Wildman–Crippen LogP) is 1.39. The molecule has 0 aromatic heterocycles. The van der Waals surface area contributed by atoms with Crippen LogP contribution in [0.25, 0.3) is 0 Å². The van der Waals surface area contributed by atoms with Gasteiger partial charge in [-0.05, 0) is 26.8 Å². The summed E-state index contributed by atoms with van der Waals surface area (Å²) in [6.07, 6.45) is 2.40. The van der Waals surface area contributed by atoms with Crippen LogP contribution >= 0.6 is 0 Å². The average Bonchev–Trinajstić information content (AvgIpc) is 2.92. The van der Waals surface area contributed by atoms with Crippen LogP contribution in [0.4, 0.5) is 0 Å². The van der Waals surface area contributed by atoms with Crippen molar-refractivity contribution in [2.24, 2.45) is 0 Å². The molecule has 0 atom stereocenters. The first-order valence-electron chi connectivity index (χ1n) is 4.97. The first-order valence-corrected chi connectivity index (χ1v) is 4.97. The van der Waals surface area contributed by atoms with Gasteiger partial charge in [-0.25, -0.2) is 0 Å². The van der Waals surface area contributed by atoms with Gasteiger partial charge in [-0.3, -0.25) is 0 Å². The lowest BCUT2D eigenvalue weighted by Gasteiger charge is -2.17. The van der Waals surface area contributed by atoms with Gasteiger partial charge in [0.1, 0.15) is 12.4 Å². The van der Waals surface area contributed by atoms with Gasteiger partial charge in [0.2, 0.25) is 0 Å². The number of likely N-dealkylation sites (N-methyl/N-ethyl adjacent to an activating group) is 1. The molecule has 1 fully saturated rings. The summed E-state index contributed by atoms with van der Waals surface area (Å²) in [5.41, 5.74) is 1.16. The van der Waals surface area contributed by atoms with E-state index in [4.69, 9.17) is 4.74 Å². The third kappa shape index (κ3) is 3.42. The first-order chi connectivity index (χ1) is 6.58. The van der Waals surface area contributed by atoms with Gasteiger partial charge in [0.25, 0.3) is 0 Å². The van der Waals surface area contributed by atoms with Crippen molar-refractivity contribution in [2.45, 2.75) is 25.3 Å². The van der Waals surface area contributed by atoms with E-state index in [9.17, 15) is 0 Å². The van der Waals surface area contributed by atoms with E-state index in [2.05, 4.69) is 23.8 Å². The summed E-state index contributed by atoms with van der Waals surface area (Å²) in [5.74, 6) is 0.773. The fourth-order valence-corrected chi connectivity index (χ4v) is 1.16. The smallest absolute Gasteiger partial charge is 0.108 e. The number of allylic oxidation sites excluding steroid dienone is 1. The second kappa shape index (κ2) is 4.51. The number of hydrogen-bond donors (Lipinski definition) is 2. The highest BCUT2D eigenvalue weighted by Crippen LogP contribution is 2.35. The fraction of sp³-hybridized carbons (Fsp3) is 0.636. The van der Waals surface area contributed by atoms with Crippen molar-refractivity contribution in [2.75, 3.05) is 20.2 Å². The Balaban J connectivity index is 2.12. The van der Waals surface area contributed by atoms with Gasteiger partial charge in [-0.2, -0.15) is 0 Å². The predicted molar refractivity (Wildman–Crippen MR) is 58.9 cm³/mol. The Morgan fingerprint density at radius 2 is 2.07 bits per heavy atom. The zero-order valence-corrected chi connectivity index (χ0v) is 9.15. The highest BCUT2D eigenvalue weighted by molar-refractivity contribution is 5.03. The van der Waals surface area contributed by atoms with Crippen molar-refractivity contribution >= 4 is 0 Å². The average molecular weight is 196 g/mol. The fourth-order valence-electron chi connectivity index (χ4n) is 1.16. The molecule has 0 heterocycles. The van der Waals surface area contributed by atoms with Crippen LogP contribution in [0.5, 0.6) is 0 Å². The van der Waals surface area contributed by atoms with E-state index in [1.54, 1.807) is 0 Å². The van der Waals surface area contributed by atoms with Crippen LogP contribution in [0.1, 0.15) is 19.8 Å². The van der Waals surface area contributed by atoms with Crippen molar-refractivity contribution in [3.8, 4) is 0 Å². The molecule has 1 saturated carbocycles. The molecule has 1 rings (SSSR count). The Morgan fingerprint density at radius 3 is 2.50 bits per heavy atom. The lowest BCUT2D eigenvalue weighted by atomic mass is 10.3. The van der Waals surface area contributed by atoms with Gasteiger partial charge < -0.3 is 15.4 Å². The number of nitrogens with one attached hydrogen (secondary N) is 2. The van der Waals surface area contributed by atoms with Gasteiger partial charge in [0.15, 0.2) is 0 Å². The maximum Gasteiger partial charge on any atom is 0.108 e. The molecule has 1 aliphatic rings. The molecule has 0 aliphatic heterocycles. The summed E-state index contributed by atoms with van der Waals surface area (Å²) >= 11 is 0. The minimum absolute atomic E-state index is 0.228. The normalized spacial score (nSPS) is 17.3. The van der Waals surface area contributed by atoms with Crippen LogP contribution < -0.4 is 10.6 Å². The highest BCUT2D eigenvalue weighted by Gasteiger charge is 2.41. The molecule has 14 heavy (non-hydrogen) atoms. The molecule has 0 saturated heterocycles. The Bertz CT molecular complexity index is 231. The second-order valence-electron chi connectivity index (χ2n) is 3.99. The molecule has 2 N–H and O–H groups in total. The molecule has 0 spiro atoms. The first kappa shape index (κ1) is 11.1. The highest BCUT2D eigenvalue weighted by atomic mass is 16.5. The lowest BCUT2D eigenvalue weighted by Crippen LogP contribution is -2.33. The van der Waals surface area contributed by atoms with Crippen molar-refractivity contribution in [1.29, 1.82) is 0 Å². The number of hydrogen-bond acceptors (Lipinski definition) is 3. The van der Waals surface area contributed by atoms with Crippen LogP contribution in [0, 0.1) is 0 Å². The Hall–Kier alpha value is -0.960. The molecule has 0 amide bonds. The summed E-state index contributed by atoms with van der Waals surface area (Å²) in [6.45, 7) is 10.9. The number of rotatable bonds is 7. The third-order valence-electron chi connectivity index (χ3n) is 2.52. The topological polar surface area (TPSA) is 33.3 Å². The molecule has 0 radical (unpaired) electrons. The Kier molecular flexibility index (Phi) is 3.58. The summed E-state index contributed by atoms with van der Waals surface area (Å²) in [5, 5.41) is 6.35. The third-order valence-corrected chi connectivity index (χ3v) is 2.52. The van der Waals surface area contributed by atoms with Crippen LogP contribution in [-0.2, 0) is 4.74 Å². The van der Waals surface area contributed by atoms with Gasteiger partial charge in [0.05, 0.1) is 12.1 Å². The molecule has 1 aliphatic carbocycles. The van der Waals surface area contributed by atoms with Gasteiger partial charge in [-0.1, -0.05) is 13.2 Å². The van der Waals surface area contributed by atoms with E-state index in [1.165, 1.54) is 12.8 Å². The van der Waals surface area contributed by atoms with Gasteiger partial charge in [0, 0.05) is 5.70 Å². The minimum Gasteiger partial charge on any atom is -0.495 e. The maximum atomic E-state index is 5.55. The van der Waals surface area contributed by atoms with Crippen molar-refractivity contribution < 1.29 is 4.74 Å². The Labute approximate surface area is 86.2 Å². The van der Waals surface area contributed by atoms with E-state index >= 15 is 0 Å². The maximum absolute atomic E-state index is 5.55. The molecule has 3 heteroatoms. The molecule has 0 unspecified atom stereocenters. The summed E-state index contributed by atoms with van der Waals surface area (Å²) in [6, 6.07) is 0. The van der Waals surface area contributed by atoms with E-state index < -0.39 is 0 Å². The van der Waals surface area contributed by atoms with Gasteiger partial charge in [-0.15, -0.1) is 0 Å². The minimum atomic E-state index is 0.228. The molecular weight excluding hydrogens is 176 g/mol. The van der Waals surface area contributed by atoms with Crippen LogP contribution in [-0.4, -0.2) is 25.7 Å². The van der Waals surface area contributed by atoms with Crippen molar-refractivity contribution in [3.05, 3.63) is 24.6 Å². The zero-order valence-electron chi connectivity index (χ0n) is 9.15. The Morgan fingerprint density at radius 1 is 1.43 bits per heavy atom. The van der Waals surface area contributed by atoms with E-state index in [1.807, 2.05) is 14.0 Å². The molecule has 80 valence electrons. The van der Waals surface area contributed by atoms with Crippen molar-refractivity contribution in [3.63, 3.8) is 0 Å². The molecule has 0 aromatic rings. The van der Waals surface area contributed by atoms with Crippen LogP contribution in [0.15, 0.2) is 24.6 Å². The second-order valence-corrected chi connectivity index (χ2v) is 3.99. The van der Waals surface area contributed by atoms with Gasteiger partial charge >= 0.3 is 0 Å².